The topological polar surface area (TPSA) is 128 Å². The van der Waals surface area contributed by atoms with Gasteiger partial charge >= 0.3 is 0 Å². The second-order valence-corrected chi connectivity index (χ2v) is 9.19. The number of aliphatic imine (C=N–C) groups is 1. The fourth-order valence-electron chi connectivity index (χ4n) is 2.26. The Balaban J connectivity index is 2.37. The van der Waals surface area contributed by atoms with Gasteiger partial charge in [0.15, 0.2) is 15.0 Å². The standard InChI is InChI=1S/C20H22N2O6S2/c1-4-29-20(21)22-19(24)14-9-16(27-13(2)12-23)11-17(10-14)28-15-5-7-18(8-6-15)30(3,25)26/h4-11,13,23H,1,12H2,2-3H3,(H2,21,22,24). The van der Waals surface area contributed by atoms with Gasteiger partial charge in [-0.3, -0.25) is 4.79 Å². The molecule has 0 spiro atoms. The number of sulfone groups is 1. The minimum Gasteiger partial charge on any atom is -0.488 e. The lowest BCUT2D eigenvalue weighted by atomic mass is 10.2. The van der Waals surface area contributed by atoms with Crippen LogP contribution in [0, 0.1) is 0 Å². The molecular weight excluding hydrogens is 428 g/mol. The molecule has 0 saturated heterocycles. The van der Waals surface area contributed by atoms with Crippen LogP contribution in [0.2, 0.25) is 0 Å². The van der Waals surface area contributed by atoms with Gasteiger partial charge in [0.25, 0.3) is 5.91 Å². The first-order valence-electron chi connectivity index (χ1n) is 8.69. The van der Waals surface area contributed by atoms with Crippen molar-refractivity contribution >= 4 is 32.7 Å². The first-order chi connectivity index (χ1) is 14.1. The summed E-state index contributed by atoms with van der Waals surface area (Å²) in [5, 5.41) is 10.7. The van der Waals surface area contributed by atoms with Crippen LogP contribution in [0.4, 0.5) is 0 Å². The van der Waals surface area contributed by atoms with Crippen LogP contribution in [0.25, 0.3) is 0 Å². The number of aliphatic hydroxyl groups excluding tert-OH is 1. The fraction of sp³-hybridized carbons (Fsp3) is 0.200. The number of ether oxygens (including phenoxy) is 2. The SMILES string of the molecule is C=CSC(N)=NC(=O)c1cc(Oc2ccc(S(C)(=O)=O)cc2)cc(OC(C)CO)c1. The molecule has 0 aromatic heterocycles. The Morgan fingerprint density at radius 2 is 1.87 bits per heavy atom. The van der Waals surface area contributed by atoms with Crippen molar-refractivity contribution < 1.29 is 27.8 Å². The van der Waals surface area contributed by atoms with Crippen LogP contribution in [-0.2, 0) is 9.84 Å². The predicted octanol–water partition coefficient (Wildman–Crippen LogP) is 2.97. The summed E-state index contributed by atoms with van der Waals surface area (Å²) >= 11 is 1.01. The van der Waals surface area contributed by atoms with E-state index >= 15 is 0 Å². The zero-order valence-corrected chi connectivity index (χ0v) is 18.1. The number of hydrogen-bond donors (Lipinski definition) is 2. The number of benzene rings is 2. The second kappa shape index (κ2) is 10.3. The van der Waals surface area contributed by atoms with Crippen LogP contribution in [0.1, 0.15) is 17.3 Å². The molecule has 30 heavy (non-hydrogen) atoms. The van der Waals surface area contributed by atoms with Crippen LogP contribution in [0.15, 0.2) is 64.3 Å². The van der Waals surface area contributed by atoms with E-state index in [1.54, 1.807) is 13.0 Å². The second-order valence-electron chi connectivity index (χ2n) is 6.19. The van der Waals surface area contributed by atoms with Gasteiger partial charge in [0.2, 0.25) is 0 Å². The first-order valence-corrected chi connectivity index (χ1v) is 11.5. The highest BCUT2D eigenvalue weighted by atomic mass is 32.2. The molecule has 0 heterocycles. The molecule has 3 N–H and O–H groups in total. The zero-order valence-electron chi connectivity index (χ0n) is 16.4. The molecule has 2 aromatic rings. The summed E-state index contributed by atoms with van der Waals surface area (Å²) in [6, 6.07) is 10.3. The molecule has 1 amide bonds. The van der Waals surface area contributed by atoms with Gasteiger partial charge in [-0.1, -0.05) is 18.3 Å². The van der Waals surface area contributed by atoms with E-state index in [0.29, 0.717) is 5.75 Å². The number of hydrogen-bond acceptors (Lipinski definition) is 7. The quantitative estimate of drug-likeness (QED) is 0.464. The lowest BCUT2D eigenvalue weighted by molar-refractivity contribution is 0.100. The smallest absolute Gasteiger partial charge is 0.279 e. The van der Waals surface area contributed by atoms with Crippen molar-refractivity contribution in [2.45, 2.75) is 17.9 Å². The molecule has 1 atom stereocenters. The van der Waals surface area contributed by atoms with Gasteiger partial charge in [-0.05, 0) is 48.7 Å². The monoisotopic (exact) mass is 450 g/mol. The van der Waals surface area contributed by atoms with Crippen LogP contribution >= 0.6 is 11.8 Å². The number of thioether (sulfide) groups is 1. The molecule has 0 bridgehead atoms. The highest BCUT2D eigenvalue weighted by Gasteiger charge is 2.13. The Hall–Kier alpha value is -2.82. The summed E-state index contributed by atoms with van der Waals surface area (Å²) in [4.78, 5) is 16.4. The maximum atomic E-state index is 12.5. The average molecular weight is 451 g/mol. The Bertz CT molecular complexity index is 1050. The van der Waals surface area contributed by atoms with E-state index < -0.39 is 21.8 Å². The van der Waals surface area contributed by atoms with E-state index in [9.17, 15) is 18.3 Å². The maximum absolute atomic E-state index is 12.5. The zero-order chi connectivity index (χ0) is 22.3. The molecule has 0 fully saturated rings. The van der Waals surface area contributed by atoms with Crippen LogP contribution in [-0.4, -0.2) is 43.6 Å². The fourth-order valence-corrected chi connectivity index (χ4v) is 3.20. The molecule has 2 aromatic carbocycles. The number of amidine groups is 1. The van der Waals surface area contributed by atoms with E-state index in [4.69, 9.17) is 15.2 Å². The van der Waals surface area contributed by atoms with Gasteiger partial charge in [-0.2, -0.15) is 4.99 Å². The van der Waals surface area contributed by atoms with Crippen molar-refractivity contribution in [3.8, 4) is 17.2 Å². The number of amides is 1. The van der Waals surface area contributed by atoms with Crippen molar-refractivity contribution in [1.29, 1.82) is 0 Å². The molecule has 0 aliphatic rings. The van der Waals surface area contributed by atoms with Crippen molar-refractivity contribution in [2.24, 2.45) is 10.7 Å². The third-order valence-corrected chi connectivity index (χ3v) is 5.25. The Labute approximate surface area is 179 Å². The first kappa shape index (κ1) is 23.5. The van der Waals surface area contributed by atoms with Gasteiger partial charge in [-0.25, -0.2) is 8.42 Å². The molecule has 0 saturated carbocycles. The van der Waals surface area contributed by atoms with Crippen LogP contribution in [0.3, 0.4) is 0 Å². The number of nitrogens with two attached hydrogens (primary N) is 1. The maximum Gasteiger partial charge on any atom is 0.279 e. The van der Waals surface area contributed by atoms with Crippen molar-refractivity contribution in [1.82, 2.24) is 0 Å². The highest BCUT2D eigenvalue weighted by molar-refractivity contribution is 8.16. The van der Waals surface area contributed by atoms with Crippen LogP contribution in [0.5, 0.6) is 17.2 Å². The van der Waals surface area contributed by atoms with Gasteiger partial charge in [0.1, 0.15) is 23.4 Å². The summed E-state index contributed by atoms with van der Waals surface area (Å²) in [6.45, 7) is 4.95. The molecule has 0 aliphatic carbocycles. The third-order valence-electron chi connectivity index (χ3n) is 3.62. The van der Waals surface area contributed by atoms with E-state index in [1.165, 1.54) is 41.8 Å². The summed E-state index contributed by atoms with van der Waals surface area (Å²) in [7, 11) is -3.33. The number of aliphatic hydroxyl groups is 1. The third kappa shape index (κ3) is 6.90. The van der Waals surface area contributed by atoms with Crippen molar-refractivity contribution in [2.75, 3.05) is 12.9 Å². The van der Waals surface area contributed by atoms with Gasteiger partial charge in [0.05, 0.1) is 11.5 Å². The lowest BCUT2D eigenvalue weighted by Gasteiger charge is -2.14. The van der Waals surface area contributed by atoms with E-state index in [-0.39, 0.29) is 33.7 Å². The predicted molar refractivity (Wildman–Crippen MR) is 117 cm³/mol. The summed E-state index contributed by atoms with van der Waals surface area (Å²) in [6.07, 6.45) is 0.600. The van der Waals surface area contributed by atoms with E-state index in [0.717, 1.165) is 18.0 Å². The van der Waals surface area contributed by atoms with E-state index in [2.05, 4.69) is 11.6 Å². The largest absolute Gasteiger partial charge is 0.488 e. The van der Waals surface area contributed by atoms with Crippen molar-refractivity contribution in [3.05, 3.63) is 60.0 Å². The molecule has 0 aliphatic heterocycles. The average Bonchev–Trinajstić information content (AvgIpc) is 2.67. The normalized spacial score (nSPS) is 12.8. The summed E-state index contributed by atoms with van der Waals surface area (Å²) in [5.74, 6) is 0.299. The van der Waals surface area contributed by atoms with Gasteiger partial charge in [-0.15, -0.1) is 0 Å². The van der Waals surface area contributed by atoms with Crippen LogP contribution < -0.4 is 15.2 Å². The molecule has 160 valence electrons. The minimum absolute atomic E-state index is 0.0314. The number of carbonyl (C=O) groups is 1. The number of carbonyl (C=O) groups excluding carboxylic acids is 1. The molecule has 1 unspecified atom stereocenters. The summed E-state index contributed by atoms with van der Waals surface area (Å²) in [5.41, 5.74) is 5.81. The van der Waals surface area contributed by atoms with Crippen molar-refractivity contribution in [3.63, 3.8) is 0 Å². The Morgan fingerprint density at radius 3 is 2.43 bits per heavy atom. The lowest BCUT2D eigenvalue weighted by Crippen LogP contribution is -2.16. The molecule has 8 nitrogen and oxygen atoms in total. The van der Waals surface area contributed by atoms with Gasteiger partial charge < -0.3 is 20.3 Å². The van der Waals surface area contributed by atoms with Gasteiger partial charge in [0, 0.05) is 17.9 Å². The summed E-state index contributed by atoms with van der Waals surface area (Å²) < 4.78 is 34.5. The number of nitrogens with zero attached hydrogens (tertiary/aromatic N) is 1. The Kier molecular flexibility index (Phi) is 8.04. The number of rotatable bonds is 8. The highest BCUT2D eigenvalue weighted by Crippen LogP contribution is 2.29. The molecular formula is C20H22N2O6S2. The minimum atomic E-state index is -3.33. The van der Waals surface area contributed by atoms with E-state index in [1.807, 2.05) is 0 Å². The molecule has 2 rings (SSSR count). The molecule has 0 radical (unpaired) electrons. The molecule has 10 heteroatoms. The Morgan fingerprint density at radius 1 is 1.23 bits per heavy atom.